The second kappa shape index (κ2) is 5.98. The van der Waals surface area contributed by atoms with E-state index >= 15 is 0 Å². The molecule has 6 heteroatoms. The first-order valence-corrected chi connectivity index (χ1v) is 7.07. The Morgan fingerprint density at radius 1 is 1.42 bits per heavy atom. The van der Waals surface area contributed by atoms with Crippen molar-refractivity contribution in [1.29, 1.82) is 0 Å². The molecule has 6 nitrogen and oxygen atoms in total. The lowest BCUT2D eigenvalue weighted by Crippen LogP contribution is -2.62. The fraction of sp³-hybridized carbons (Fsp3) is 0.846. The van der Waals surface area contributed by atoms with Crippen molar-refractivity contribution in [3.63, 3.8) is 0 Å². The third kappa shape index (κ3) is 2.96. The van der Waals surface area contributed by atoms with Crippen LogP contribution in [0.5, 0.6) is 0 Å². The van der Waals surface area contributed by atoms with Gasteiger partial charge in [-0.05, 0) is 26.9 Å². The molecule has 1 aliphatic rings. The number of rotatable bonds is 5. The molecular formula is C13H26N6. The first-order chi connectivity index (χ1) is 9.08. The molecule has 1 aliphatic carbocycles. The number of likely N-dealkylation sites (N-methyl/N-ethyl adjacent to an activating group) is 1. The largest absolute Gasteiger partial charge is 0.302 e. The van der Waals surface area contributed by atoms with Gasteiger partial charge in [0.15, 0.2) is 0 Å². The number of nitrogens with two attached hydrogens (primary N) is 1. The highest BCUT2D eigenvalue weighted by Gasteiger charge is 2.41. The number of hydrogen-bond acceptors (Lipinski definition) is 5. The van der Waals surface area contributed by atoms with Crippen LogP contribution in [-0.2, 0) is 13.5 Å². The zero-order chi connectivity index (χ0) is 13.9. The molecule has 1 atom stereocenters. The van der Waals surface area contributed by atoms with Gasteiger partial charge in [0.25, 0.3) is 0 Å². The van der Waals surface area contributed by atoms with E-state index in [-0.39, 0.29) is 11.6 Å². The lowest BCUT2D eigenvalue weighted by molar-refractivity contribution is 0.0565. The molecule has 19 heavy (non-hydrogen) atoms. The van der Waals surface area contributed by atoms with Crippen molar-refractivity contribution >= 4 is 0 Å². The molecule has 0 amide bonds. The highest BCUT2D eigenvalue weighted by molar-refractivity contribution is 5.06. The third-order valence-corrected chi connectivity index (χ3v) is 4.52. The van der Waals surface area contributed by atoms with E-state index in [0.717, 1.165) is 12.1 Å². The summed E-state index contributed by atoms with van der Waals surface area (Å²) in [6.07, 6.45) is 9.05. The minimum Gasteiger partial charge on any atom is -0.302 e. The molecule has 1 heterocycles. The Balaban J connectivity index is 2.17. The van der Waals surface area contributed by atoms with Crippen molar-refractivity contribution < 1.29 is 0 Å². The summed E-state index contributed by atoms with van der Waals surface area (Å²) in [5.74, 6) is 5.85. The average molecular weight is 266 g/mol. The first kappa shape index (κ1) is 14.4. The predicted octanol–water partition coefficient (Wildman–Crippen LogP) is 0.454. The molecule has 0 saturated heterocycles. The fourth-order valence-electron chi connectivity index (χ4n) is 3.37. The van der Waals surface area contributed by atoms with Crippen LogP contribution in [0.3, 0.4) is 0 Å². The van der Waals surface area contributed by atoms with Crippen LogP contribution >= 0.6 is 0 Å². The third-order valence-electron chi connectivity index (χ3n) is 4.52. The van der Waals surface area contributed by atoms with Gasteiger partial charge < -0.3 is 4.90 Å². The molecule has 1 fully saturated rings. The Bertz CT molecular complexity index is 394. The zero-order valence-corrected chi connectivity index (χ0v) is 12.3. The van der Waals surface area contributed by atoms with Crippen LogP contribution in [0.4, 0.5) is 0 Å². The van der Waals surface area contributed by atoms with Crippen LogP contribution in [0.2, 0.25) is 0 Å². The minimum absolute atomic E-state index is 0.129. The van der Waals surface area contributed by atoms with E-state index in [2.05, 4.69) is 34.7 Å². The van der Waals surface area contributed by atoms with Crippen LogP contribution in [-0.4, -0.2) is 45.6 Å². The number of nitrogens with zero attached hydrogens (tertiary/aromatic N) is 4. The first-order valence-electron chi connectivity index (χ1n) is 7.07. The average Bonchev–Trinajstić information content (AvgIpc) is 2.82. The van der Waals surface area contributed by atoms with Gasteiger partial charge in [-0.3, -0.25) is 16.0 Å². The topological polar surface area (TPSA) is 72.0 Å². The second-order valence-electron chi connectivity index (χ2n) is 5.87. The molecular weight excluding hydrogens is 240 g/mol. The summed E-state index contributed by atoms with van der Waals surface area (Å²) in [6.45, 7) is 0. The Labute approximate surface area is 115 Å². The summed E-state index contributed by atoms with van der Waals surface area (Å²) in [5, 5.41) is 8.19. The molecule has 1 saturated carbocycles. The number of aryl methyl sites for hydroxylation is 1. The Morgan fingerprint density at radius 2 is 2.11 bits per heavy atom. The molecule has 108 valence electrons. The smallest absolute Gasteiger partial charge is 0.0843 e. The minimum atomic E-state index is 0.129. The highest BCUT2D eigenvalue weighted by atomic mass is 15.4. The van der Waals surface area contributed by atoms with Gasteiger partial charge in [0.1, 0.15) is 0 Å². The molecule has 0 aromatic carbocycles. The molecule has 1 aromatic rings. The van der Waals surface area contributed by atoms with Crippen LogP contribution < -0.4 is 11.3 Å². The van der Waals surface area contributed by atoms with E-state index in [1.54, 1.807) is 4.68 Å². The quantitative estimate of drug-likeness (QED) is 0.598. The highest BCUT2D eigenvalue weighted by Crippen LogP contribution is 2.35. The van der Waals surface area contributed by atoms with Crippen LogP contribution in [0.15, 0.2) is 6.20 Å². The van der Waals surface area contributed by atoms with E-state index in [4.69, 9.17) is 5.84 Å². The molecule has 0 bridgehead atoms. The maximum absolute atomic E-state index is 5.85. The van der Waals surface area contributed by atoms with Gasteiger partial charge in [-0.2, -0.15) is 0 Å². The molecule has 0 aliphatic heterocycles. The maximum atomic E-state index is 5.85. The van der Waals surface area contributed by atoms with Crippen molar-refractivity contribution in [3.8, 4) is 0 Å². The van der Waals surface area contributed by atoms with Crippen molar-refractivity contribution in [2.24, 2.45) is 12.9 Å². The summed E-state index contributed by atoms with van der Waals surface area (Å²) in [5.41, 5.74) is 4.16. The summed E-state index contributed by atoms with van der Waals surface area (Å²) < 4.78 is 1.74. The van der Waals surface area contributed by atoms with Gasteiger partial charge in [-0.15, -0.1) is 5.10 Å². The van der Waals surface area contributed by atoms with Gasteiger partial charge in [0.05, 0.1) is 5.69 Å². The Hall–Kier alpha value is -0.980. The van der Waals surface area contributed by atoms with E-state index in [0.29, 0.717) is 0 Å². The van der Waals surface area contributed by atoms with Crippen molar-refractivity contribution in [2.75, 3.05) is 14.1 Å². The van der Waals surface area contributed by atoms with Gasteiger partial charge in [0, 0.05) is 31.2 Å². The predicted molar refractivity (Wildman–Crippen MR) is 75.3 cm³/mol. The summed E-state index contributed by atoms with van der Waals surface area (Å²) >= 11 is 0. The van der Waals surface area contributed by atoms with Gasteiger partial charge >= 0.3 is 0 Å². The van der Waals surface area contributed by atoms with Crippen LogP contribution in [0, 0.1) is 0 Å². The Morgan fingerprint density at radius 3 is 2.58 bits per heavy atom. The standard InChI is InChI=1S/C13H26N6/c1-18(2)13(7-5-4-6-8-13)12(15-14)9-11-10-19(3)17-16-11/h10,12,15H,4-9,14H2,1-3H3. The lowest BCUT2D eigenvalue weighted by Gasteiger charge is -2.48. The van der Waals surface area contributed by atoms with E-state index in [9.17, 15) is 0 Å². The number of hydrogen-bond donors (Lipinski definition) is 2. The Kier molecular flexibility index (Phi) is 4.54. The number of aromatic nitrogens is 3. The van der Waals surface area contributed by atoms with Crippen molar-refractivity contribution in [1.82, 2.24) is 25.3 Å². The number of nitrogens with one attached hydrogen (secondary N) is 1. The lowest BCUT2D eigenvalue weighted by atomic mass is 9.74. The second-order valence-corrected chi connectivity index (χ2v) is 5.87. The molecule has 3 N–H and O–H groups in total. The van der Waals surface area contributed by atoms with E-state index in [1.165, 1.54) is 32.1 Å². The summed E-state index contributed by atoms with van der Waals surface area (Å²) in [6, 6.07) is 0.208. The fourth-order valence-corrected chi connectivity index (χ4v) is 3.37. The monoisotopic (exact) mass is 266 g/mol. The van der Waals surface area contributed by atoms with Gasteiger partial charge in [-0.1, -0.05) is 24.5 Å². The molecule has 0 spiro atoms. The summed E-state index contributed by atoms with van der Waals surface area (Å²) in [4.78, 5) is 2.34. The zero-order valence-electron chi connectivity index (χ0n) is 12.3. The molecule has 0 radical (unpaired) electrons. The SMILES string of the molecule is CN(C)C1(C(Cc2cn(C)nn2)NN)CCCCC1. The van der Waals surface area contributed by atoms with E-state index < -0.39 is 0 Å². The molecule has 1 unspecified atom stereocenters. The normalized spacial score (nSPS) is 20.7. The van der Waals surface area contributed by atoms with Crippen molar-refractivity contribution in [3.05, 3.63) is 11.9 Å². The maximum Gasteiger partial charge on any atom is 0.0843 e. The summed E-state index contributed by atoms with van der Waals surface area (Å²) in [7, 11) is 6.21. The number of hydrazine groups is 1. The van der Waals surface area contributed by atoms with Crippen LogP contribution in [0.1, 0.15) is 37.8 Å². The van der Waals surface area contributed by atoms with Crippen molar-refractivity contribution in [2.45, 2.75) is 50.1 Å². The van der Waals surface area contributed by atoms with Gasteiger partial charge in [-0.25, -0.2) is 0 Å². The van der Waals surface area contributed by atoms with E-state index in [1.807, 2.05) is 13.2 Å². The molecule has 2 rings (SSSR count). The van der Waals surface area contributed by atoms with Crippen LogP contribution in [0.25, 0.3) is 0 Å². The van der Waals surface area contributed by atoms with Gasteiger partial charge in [0.2, 0.25) is 0 Å². The molecule has 1 aromatic heterocycles.